The summed E-state index contributed by atoms with van der Waals surface area (Å²) in [6, 6.07) is -1.49. The molecule has 3 N–H and O–H groups in total. The molecule has 0 aromatic rings. The second-order valence-electron chi connectivity index (χ2n) is 5.36. The second kappa shape index (κ2) is 6.75. The predicted octanol–water partition coefficient (Wildman–Crippen LogP) is 0.898. The molecule has 4 atom stereocenters. The van der Waals surface area contributed by atoms with Crippen LogP contribution in [0.25, 0.3) is 0 Å². The first-order chi connectivity index (χ1) is 8.92. The van der Waals surface area contributed by atoms with Crippen molar-refractivity contribution in [3.05, 3.63) is 0 Å². The number of likely N-dealkylation sites (tertiary alicyclic amines) is 1. The number of carbonyl (C=O) groups is 2. The van der Waals surface area contributed by atoms with Crippen molar-refractivity contribution in [1.29, 1.82) is 0 Å². The number of rotatable bonds is 5. The molecule has 1 fully saturated rings. The first kappa shape index (κ1) is 15.8. The first-order valence-corrected chi connectivity index (χ1v) is 6.83. The zero-order valence-electron chi connectivity index (χ0n) is 11.8. The number of urea groups is 1. The number of carboxylic acids is 1. The van der Waals surface area contributed by atoms with Gasteiger partial charge in [-0.05, 0) is 18.3 Å². The van der Waals surface area contributed by atoms with Gasteiger partial charge in [0.2, 0.25) is 0 Å². The molecule has 6 heteroatoms. The van der Waals surface area contributed by atoms with Crippen LogP contribution in [0.4, 0.5) is 4.79 Å². The summed E-state index contributed by atoms with van der Waals surface area (Å²) < 4.78 is 0. The van der Waals surface area contributed by atoms with Gasteiger partial charge in [-0.3, -0.25) is 0 Å². The van der Waals surface area contributed by atoms with Crippen molar-refractivity contribution in [2.75, 3.05) is 13.2 Å². The molecule has 6 nitrogen and oxygen atoms in total. The smallest absolute Gasteiger partial charge is 0.326 e. The Bertz CT molecular complexity index is 335. The number of nitrogens with zero attached hydrogens (tertiary/aromatic N) is 1. The Kier molecular flexibility index (Phi) is 5.60. The number of aliphatic hydroxyl groups is 1. The highest BCUT2D eigenvalue weighted by Gasteiger charge is 2.36. The van der Waals surface area contributed by atoms with Crippen molar-refractivity contribution in [3.8, 4) is 0 Å². The summed E-state index contributed by atoms with van der Waals surface area (Å²) in [7, 11) is 0. The van der Waals surface area contributed by atoms with Crippen molar-refractivity contribution in [2.45, 2.75) is 45.7 Å². The minimum Gasteiger partial charge on any atom is -0.480 e. The third kappa shape index (κ3) is 3.59. The Hall–Kier alpha value is -1.30. The summed E-state index contributed by atoms with van der Waals surface area (Å²) in [5, 5.41) is 21.0. The number of aliphatic carboxylic acids is 1. The van der Waals surface area contributed by atoms with Crippen LogP contribution in [0.5, 0.6) is 0 Å². The van der Waals surface area contributed by atoms with Crippen LogP contribution in [-0.4, -0.2) is 52.3 Å². The van der Waals surface area contributed by atoms with Crippen LogP contribution >= 0.6 is 0 Å². The SMILES string of the molecule is CC[C@H](C)[C@H](NC(=O)N1CCC(C)C1CO)C(=O)O. The van der Waals surface area contributed by atoms with Gasteiger partial charge in [-0.15, -0.1) is 0 Å². The third-order valence-corrected chi connectivity index (χ3v) is 4.09. The Morgan fingerprint density at radius 1 is 1.47 bits per heavy atom. The van der Waals surface area contributed by atoms with E-state index in [0.717, 1.165) is 6.42 Å². The van der Waals surface area contributed by atoms with Crippen LogP contribution in [0.15, 0.2) is 0 Å². The summed E-state index contributed by atoms with van der Waals surface area (Å²) in [5.41, 5.74) is 0. The Morgan fingerprint density at radius 3 is 2.58 bits per heavy atom. The summed E-state index contributed by atoms with van der Waals surface area (Å²) in [6.07, 6.45) is 1.51. The topological polar surface area (TPSA) is 89.9 Å². The third-order valence-electron chi connectivity index (χ3n) is 4.09. The molecule has 110 valence electrons. The van der Waals surface area contributed by atoms with Crippen molar-refractivity contribution in [3.63, 3.8) is 0 Å². The molecule has 0 radical (unpaired) electrons. The monoisotopic (exact) mass is 272 g/mol. The van der Waals surface area contributed by atoms with Crippen LogP contribution < -0.4 is 5.32 Å². The predicted molar refractivity (Wildman–Crippen MR) is 70.8 cm³/mol. The average Bonchev–Trinajstić information content (AvgIpc) is 2.75. The molecule has 2 amide bonds. The molecule has 1 heterocycles. The molecule has 1 rings (SSSR count). The van der Waals surface area contributed by atoms with E-state index >= 15 is 0 Å². The maximum atomic E-state index is 12.1. The average molecular weight is 272 g/mol. The van der Waals surface area contributed by atoms with Crippen LogP contribution in [0.2, 0.25) is 0 Å². The van der Waals surface area contributed by atoms with Gasteiger partial charge in [0.25, 0.3) is 0 Å². The first-order valence-electron chi connectivity index (χ1n) is 6.83. The van der Waals surface area contributed by atoms with E-state index in [1.54, 1.807) is 11.8 Å². The highest BCUT2D eigenvalue weighted by molar-refractivity contribution is 5.83. The van der Waals surface area contributed by atoms with Gasteiger partial charge in [-0.1, -0.05) is 27.2 Å². The molecule has 0 aromatic carbocycles. The number of carbonyl (C=O) groups excluding carboxylic acids is 1. The minimum absolute atomic E-state index is 0.0876. The maximum Gasteiger partial charge on any atom is 0.326 e. The molecule has 1 aliphatic heterocycles. The Labute approximate surface area is 113 Å². The van der Waals surface area contributed by atoms with Crippen LogP contribution in [0, 0.1) is 11.8 Å². The normalized spacial score (nSPS) is 26.0. The number of carboxylic acid groups (broad SMARTS) is 1. The van der Waals surface area contributed by atoms with E-state index in [2.05, 4.69) is 5.32 Å². The fourth-order valence-corrected chi connectivity index (χ4v) is 2.44. The fraction of sp³-hybridized carbons (Fsp3) is 0.846. The summed E-state index contributed by atoms with van der Waals surface area (Å²) >= 11 is 0. The zero-order chi connectivity index (χ0) is 14.6. The molecule has 0 aromatic heterocycles. The van der Waals surface area contributed by atoms with E-state index in [4.69, 9.17) is 5.11 Å². The molecule has 1 saturated heterocycles. The van der Waals surface area contributed by atoms with Crippen LogP contribution in [0.3, 0.4) is 0 Å². The molecular formula is C13H24N2O4. The molecule has 0 bridgehead atoms. The number of hydrogen-bond donors (Lipinski definition) is 3. The quantitative estimate of drug-likeness (QED) is 0.693. The Morgan fingerprint density at radius 2 is 2.11 bits per heavy atom. The lowest BCUT2D eigenvalue weighted by Gasteiger charge is -2.28. The molecule has 2 unspecified atom stereocenters. The van der Waals surface area contributed by atoms with E-state index in [9.17, 15) is 14.7 Å². The lowest BCUT2D eigenvalue weighted by atomic mass is 9.99. The standard InChI is InChI=1S/C13H24N2O4/c1-4-8(2)11(12(17)18)14-13(19)15-6-5-9(3)10(15)7-16/h8-11,16H,4-7H2,1-3H3,(H,14,19)(H,17,18)/t8-,9?,10?,11-/m0/s1. The zero-order valence-corrected chi connectivity index (χ0v) is 11.8. The molecular weight excluding hydrogens is 248 g/mol. The summed E-state index contributed by atoms with van der Waals surface area (Å²) in [4.78, 5) is 24.9. The van der Waals surface area contributed by atoms with E-state index in [1.165, 1.54) is 0 Å². The van der Waals surface area contributed by atoms with Gasteiger partial charge in [0.05, 0.1) is 12.6 Å². The van der Waals surface area contributed by atoms with Gasteiger partial charge in [0, 0.05) is 6.54 Å². The molecule has 0 spiro atoms. The largest absolute Gasteiger partial charge is 0.480 e. The van der Waals surface area contributed by atoms with Crippen LogP contribution in [0.1, 0.15) is 33.6 Å². The van der Waals surface area contributed by atoms with Crippen molar-refractivity contribution < 1.29 is 19.8 Å². The number of amides is 2. The number of aliphatic hydroxyl groups excluding tert-OH is 1. The second-order valence-corrected chi connectivity index (χ2v) is 5.36. The number of hydrogen-bond acceptors (Lipinski definition) is 3. The number of nitrogens with one attached hydrogen (secondary N) is 1. The van der Waals surface area contributed by atoms with Gasteiger partial charge in [-0.2, -0.15) is 0 Å². The summed E-state index contributed by atoms with van der Waals surface area (Å²) in [6.45, 7) is 6.15. The fourth-order valence-electron chi connectivity index (χ4n) is 2.44. The van der Waals surface area contributed by atoms with Gasteiger partial charge < -0.3 is 20.4 Å². The van der Waals surface area contributed by atoms with Gasteiger partial charge in [-0.25, -0.2) is 9.59 Å². The highest BCUT2D eigenvalue weighted by Crippen LogP contribution is 2.23. The Balaban J connectivity index is 2.69. The lowest BCUT2D eigenvalue weighted by Crippen LogP contribution is -2.52. The molecule has 19 heavy (non-hydrogen) atoms. The van der Waals surface area contributed by atoms with Crippen molar-refractivity contribution >= 4 is 12.0 Å². The van der Waals surface area contributed by atoms with Crippen LogP contribution in [-0.2, 0) is 4.79 Å². The van der Waals surface area contributed by atoms with Crippen molar-refractivity contribution in [1.82, 2.24) is 10.2 Å². The maximum absolute atomic E-state index is 12.1. The van der Waals surface area contributed by atoms with Gasteiger partial charge >= 0.3 is 12.0 Å². The van der Waals surface area contributed by atoms with Gasteiger partial charge in [0.15, 0.2) is 0 Å². The minimum atomic E-state index is -1.02. The molecule has 1 aliphatic rings. The van der Waals surface area contributed by atoms with E-state index < -0.39 is 18.0 Å². The van der Waals surface area contributed by atoms with Gasteiger partial charge in [0.1, 0.15) is 6.04 Å². The highest BCUT2D eigenvalue weighted by atomic mass is 16.4. The van der Waals surface area contributed by atoms with E-state index in [-0.39, 0.29) is 24.5 Å². The van der Waals surface area contributed by atoms with E-state index in [1.807, 2.05) is 13.8 Å². The molecule has 0 saturated carbocycles. The lowest BCUT2D eigenvalue weighted by molar-refractivity contribution is -0.140. The van der Waals surface area contributed by atoms with E-state index in [0.29, 0.717) is 13.0 Å². The summed E-state index contributed by atoms with van der Waals surface area (Å²) in [5.74, 6) is -0.910. The van der Waals surface area contributed by atoms with Crippen molar-refractivity contribution in [2.24, 2.45) is 11.8 Å². The molecule has 0 aliphatic carbocycles.